The Morgan fingerprint density at radius 3 is 2.52 bits per heavy atom. The second kappa shape index (κ2) is 8.84. The third kappa shape index (κ3) is 4.71. The number of nitrogens with two attached hydrogens (primary N) is 1. The topological polar surface area (TPSA) is 130 Å². The Hall–Kier alpha value is -2.58. The number of thioether (sulfide) groups is 1. The fraction of sp³-hybridized carbons (Fsp3) is 0.333. The standard InChI is InChI=1S/C21H26FN5OS/c1-11(12(2)24)17-15(8-23)18(29-20(17)26)19(25)27-9-13-5-6-14(7-16(13)22)21(3,4)10-28/h5-8,23-24,26,28H,9-10H2,1-4H3,(H2,25,27)/b17-11-,23-8?,24-12?,26-20?. The molecule has 0 saturated carbocycles. The van der Waals surface area contributed by atoms with Gasteiger partial charge in [-0.2, -0.15) is 0 Å². The second-order valence-electron chi connectivity index (χ2n) is 7.49. The number of hydrogen-bond donors (Lipinski definition) is 5. The van der Waals surface area contributed by atoms with Crippen molar-refractivity contribution in [3.8, 4) is 0 Å². The smallest absolute Gasteiger partial charge is 0.133 e. The Balaban J connectivity index is 2.36. The number of aliphatic hydroxyl groups excluding tert-OH is 1. The number of nitrogens with zero attached hydrogens (tertiary/aromatic N) is 1. The third-order valence-corrected chi connectivity index (χ3v) is 5.95. The van der Waals surface area contributed by atoms with E-state index >= 15 is 0 Å². The molecular weight excluding hydrogens is 389 g/mol. The SMILES string of the molecule is CC(=N)/C(C)=C1\C(=N)SC(C(N)=NCc2ccc(C(C)(C)CO)cc2F)=C1C=N. The van der Waals surface area contributed by atoms with Gasteiger partial charge in [0.15, 0.2) is 0 Å². The summed E-state index contributed by atoms with van der Waals surface area (Å²) < 4.78 is 14.5. The molecule has 29 heavy (non-hydrogen) atoms. The van der Waals surface area contributed by atoms with Crippen molar-refractivity contribution < 1.29 is 9.50 Å². The molecule has 0 aromatic heterocycles. The molecular formula is C21H26FN5OS. The van der Waals surface area contributed by atoms with Crippen LogP contribution in [0.2, 0.25) is 0 Å². The van der Waals surface area contributed by atoms with Crippen LogP contribution < -0.4 is 5.73 Å². The highest BCUT2D eigenvalue weighted by atomic mass is 32.2. The highest BCUT2D eigenvalue weighted by molar-refractivity contribution is 8.18. The molecule has 6 N–H and O–H groups in total. The predicted octanol–water partition coefficient (Wildman–Crippen LogP) is 3.94. The Morgan fingerprint density at radius 2 is 2.00 bits per heavy atom. The molecule has 2 rings (SSSR count). The molecule has 6 nitrogen and oxygen atoms in total. The van der Waals surface area contributed by atoms with Crippen molar-refractivity contribution >= 4 is 34.6 Å². The van der Waals surface area contributed by atoms with Crippen LogP contribution in [0.4, 0.5) is 4.39 Å². The average molecular weight is 416 g/mol. The van der Waals surface area contributed by atoms with Gasteiger partial charge in [-0.3, -0.25) is 10.4 Å². The van der Waals surface area contributed by atoms with Crippen molar-refractivity contribution in [2.45, 2.75) is 39.7 Å². The molecule has 8 heteroatoms. The number of nitrogens with one attached hydrogen (secondary N) is 3. The van der Waals surface area contributed by atoms with Gasteiger partial charge in [-0.1, -0.05) is 37.7 Å². The fourth-order valence-corrected chi connectivity index (χ4v) is 3.77. The molecule has 1 aliphatic heterocycles. The number of hydrogen-bond acceptors (Lipinski definition) is 6. The van der Waals surface area contributed by atoms with E-state index in [1.165, 1.54) is 6.07 Å². The van der Waals surface area contributed by atoms with E-state index in [0.29, 0.717) is 38.5 Å². The van der Waals surface area contributed by atoms with Crippen LogP contribution >= 0.6 is 11.8 Å². The monoisotopic (exact) mass is 415 g/mol. The first-order chi connectivity index (χ1) is 13.5. The van der Waals surface area contributed by atoms with Crippen LogP contribution in [0.5, 0.6) is 0 Å². The van der Waals surface area contributed by atoms with Gasteiger partial charge in [0.1, 0.15) is 16.7 Å². The first-order valence-corrected chi connectivity index (χ1v) is 9.83. The maximum absolute atomic E-state index is 14.5. The Labute approximate surface area is 174 Å². The molecule has 0 spiro atoms. The summed E-state index contributed by atoms with van der Waals surface area (Å²) in [6.45, 7) is 6.95. The minimum atomic E-state index is -0.542. The quantitative estimate of drug-likeness (QED) is 0.341. The number of halogens is 1. The Kier molecular flexibility index (Phi) is 6.92. The summed E-state index contributed by atoms with van der Waals surface area (Å²) in [5, 5.41) is 33.4. The summed E-state index contributed by atoms with van der Waals surface area (Å²) >= 11 is 1.09. The number of aliphatic imine (C=N–C) groups is 1. The van der Waals surface area contributed by atoms with Crippen LogP contribution in [-0.2, 0) is 12.0 Å². The van der Waals surface area contributed by atoms with Gasteiger partial charge in [-0.05, 0) is 31.1 Å². The summed E-state index contributed by atoms with van der Waals surface area (Å²) in [4.78, 5) is 4.74. The predicted molar refractivity (Wildman–Crippen MR) is 119 cm³/mol. The van der Waals surface area contributed by atoms with Crippen LogP contribution in [0.3, 0.4) is 0 Å². The number of amidine groups is 1. The van der Waals surface area contributed by atoms with Gasteiger partial charge in [-0.15, -0.1) is 0 Å². The van der Waals surface area contributed by atoms with E-state index in [2.05, 4.69) is 4.99 Å². The van der Waals surface area contributed by atoms with Gasteiger partial charge in [-0.25, -0.2) is 4.39 Å². The number of rotatable bonds is 7. The van der Waals surface area contributed by atoms with Gasteiger partial charge >= 0.3 is 0 Å². The van der Waals surface area contributed by atoms with Crippen molar-refractivity contribution in [3.05, 3.63) is 56.8 Å². The molecule has 1 aliphatic rings. The van der Waals surface area contributed by atoms with Crippen molar-refractivity contribution in [2.75, 3.05) is 6.61 Å². The lowest BCUT2D eigenvalue weighted by Gasteiger charge is -2.22. The van der Waals surface area contributed by atoms with Gasteiger partial charge in [0, 0.05) is 34.1 Å². The highest BCUT2D eigenvalue weighted by Crippen LogP contribution is 2.38. The molecule has 0 aliphatic carbocycles. The van der Waals surface area contributed by atoms with Gasteiger partial charge in [0.2, 0.25) is 0 Å². The average Bonchev–Trinajstić information content (AvgIpc) is 3.02. The molecule has 1 heterocycles. The Morgan fingerprint density at radius 1 is 1.34 bits per heavy atom. The lowest BCUT2D eigenvalue weighted by atomic mass is 9.85. The molecule has 0 fully saturated rings. The summed E-state index contributed by atoms with van der Waals surface area (Å²) in [7, 11) is 0. The lowest BCUT2D eigenvalue weighted by Crippen LogP contribution is -2.22. The third-order valence-electron chi connectivity index (χ3n) is 4.91. The summed E-state index contributed by atoms with van der Waals surface area (Å²) in [5.41, 5.74) is 8.50. The molecule has 0 bridgehead atoms. The van der Waals surface area contributed by atoms with E-state index in [4.69, 9.17) is 22.0 Å². The number of benzene rings is 1. The van der Waals surface area contributed by atoms with E-state index < -0.39 is 11.2 Å². The summed E-state index contributed by atoms with van der Waals surface area (Å²) in [5.74, 6) is -0.299. The second-order valence-corrected chi connectivity index (χ2v) is 8.51. The Bertz CT molecular complexity index is 975. The van der Waals surface area contributed by atoms with Crippen LogP contribution in [0.25, 0.3) is 0 Å². The maximum atomic E-state index is 14.5. The summed E-state index contributed by atoms with van der Waals surface area (Å²) in [6, 6.07) is 4.79. The zero-order chi connectivity index (χ0) is 21.9. The van der Waals surface area contributed by atoms with Gasteiger partial charge < -0.3 is 21.7 Å². The van der Waals surface area contributed by atoms with E-state index in [0.717, 1.165) is 18.0 Å². The van der Waals surface area contributed by atoms with Crippen molar-refractivity contribution in [1.82, 2.24) is 0 Å². The summed E-state index contributed by atoms with van der Waals surface area (Å²) in [6.07, 6.45) is 1.11. The number of aliphatic hydroxyl groups is 1. The largest absolute Gasteiger partial charge is 0.395 e. The molecule has 1 aromatic carbocycles. The van der Waals surface area contributed by atoms with Gasteiger partial charge in [0.05, 0.1) is 18.1 Å². The van der Waals surface area contributed by atoms with E-state index in [-0.39, 0.29) is 24.0 Å². The lowest BCUT2D eigenvalue weighted by molar-refractivity contribution is 0.218. The fourth-order valence-electron chi connectivity index (χ4n) is 2.76. The first kappa shape index (κ1) is 22.7. The molecule has 0 atom stereocenters. The van der Waals surface area contributed by atoms with E-state index in [9.17, 15) is 9.50 Å². The number of allylic oxidation sites excluding steroid dienone is 2. The van der Waals surface area contributed by atoms with Crippen LogP contribution in [-0.4, -0.2) is 34.5 Å². The first-order valence-electron chi connectivity index (χ1n) is 9.01. The molecule has 154 valence electrons. The van der Waals surface area contributed by atoms with Crippen molar-refractivity contribution in [1.29, 1.82) is 16.2 Å². The van der Waals surface area contributed by atoms with Crippen molar-refractivity contribution in [3.63, 3.8) is 0 Å². The minimum Gasteiger partial charge on any atom is -0.395 e. The van der Waals surface area contributed by atoms with Crippen LogP contribution in [0.15, 0.2) is 44.8 Å². The molecule has 0 amide bonds. The van der Waals surface area contributed by atoms with Gasteiger partial charge in [0.25, 0.3) is 0 Å². The van der Waals surface area contributed by atoms with E-state index in [1.807, 2.05) is 13.8 Å². The van der Waals surface area contributed by atoms with Crippen LogP contribution in [0, 0.1) is 22.0 Å². The van der Waals surface area contributed by atoms with Crippen molar-refractivity contribution in [2.24, 2.45) is 10.7 Å². The zero-order valence-electron chi connectivity index (χ0n) is 17.0. The van der Waals surface area contributed by atoms with E-state index in [1.54, 1.807) is 26.0 Å². The molecule has 0 unspecified atom stereocenters. The molecule has 0 radical (unpaired) electrons. The zero-order valence-corrected chi connectivity index (χ0v) is 17.8. The normalized spacial score (nSPS) is 17.0. The van der Waals surface area contributed by atoms with Crippen LogP contribution in [0.1, 0.15) is 38.8 Å². The maximum Gasteiger partial charge on any atom is 0.133 e. The molecule has 0 saturated heterocycles. The minimum absolute atomic E-state index is 0.0157. The highest BCUT2D eigenvalue weighted by Gasteiger charge is 2.29. The molecule has 1 aromatic rings.